The molecule has 2 aliphatic heterocycles. The molecule has 0 unspecified atom stereocenters. The van der Waals surface area contributed by atoms with E-state index in [4.69, 9.17) is 5.10 Å². The number of likely N-dealkylation sites (tertiary alicyclic amines) is 2. The van der Waals surface area contributed by atoms with Crippen LogP contribution in [0.15, 0.2) is 54.7 Å². The molecular formula is C28H36N4O. The largest absolute Gasteiger partial charge is 0.392 e. The SMILES string of the molecule is Cc1ccc(-n2cc(CN3CCC(N4CCC[C@H](O)C4)CC3)c(-c3cccc(C)c3)n2)cc1. The van der Waals surface area contributed by atoms with Crippen molar-refractivity contribution in [3.8, 4) is 16.9 Å². The predicted octanol–water partition coefficient (Wildman–Crippen LogP) is 4.58. The lowest BCUT2D eigenvalue weighted by molar-refractivity contribution is 0.0243. The van der Waals surface area contributed by atoms with Crippen LogP contribution in [0.5, 0.6) is 0 Å². The lowest BCUT2D eigenvalue weighted by Crippen LogP contribution is -2.49. The average molecular weight is 445 g/mol. The van der Waals surface area contributed by atoms with Crippen molar-refractivity contribution < 1.29 is 5.11 Å². The maximum Gasteiger partial charge on any atom is 0.0972 e. The molecule has 3 aromatic rings. The minimum atomic E-state index is -0.138. The molecule has 3 heterocycles. The van der Waals surface area contributed by atoms with Crippen molar-refractivity contribution in [3.63, 3.8) is 0 Å². The summed E-state index contributed by atoms with van der Waals surface area (Å²) >= 11 is 0. The minimum absolute atomic E-state index is 0.138. The molecule has 2 saturated heterocycles. The predicted molar refractivity (Wildman–Crippen MR) is 134 cm³/mol. The maximum atomic E-state index is 10.1. The third-order valence-electron chi connectivity index (χ3n) is 7.28. The highest BCUT2D eigenvalue weighted by Gasteiger charge is 2.28. The van der Waals surface area contributed by atoms with E-state index >= 15 is 0 Å². The number of hydrogen-bond donors (Lipinski definition) is 1. The second-order valence-electron chi connectivity index (χ2n) is 9.95. The number of hydrogen-bond acceptors (Lipinski definition) is 4. The molecular weight excluding hydrogens is 408 g/mol. The van der Waals surface area contributed by atoms with Gasteiger partial charge in [-0.05, 0) is 77.4 Å². The zero-order valence-corrected chi connectivity index (χ0v) is 20.0. The fourth-order valence-corrected chi connectivity index (χ4v) is 5.39. The van der Waals surface area contributed by atoms with Crippen molar-refractivity contribution in [3.05, 3.63) is 71.4 Å². The zero-order valence-electron chi connectivity index (χ0n) is 20.0. The van der Waals surface area contributed by atoms with Crippen molar-refractivity contribution in [2.45, 2.75) is 58.2 Å². The van der Waals surface area contributed by atoms with E-state index < -0.39 is 0 Å². The summed E-state index contributed by atoms with van der Waals surface area (Å²) in [5.41, 5.74) is 7.17. The molecule has 0 radical (unpaired) electrons. The Hall–Kier alpha value is -2.47. The van der Waals surface area contributed by atoms with Crippen LogP contribution in [0.2, 0.25) is 0 Å². The van der Waals surface area contributed by atoms with Crippen LogP contribution in [0.4, 0.5) is 0 Å². The second-order valence-corrected chi connectivity index (χ2v) is 9.95. The number of piperidine rings is 2. The Balaban J connectivity index is 1.34. The Labute approximate surface area is 197 Å². The summed E-state index contributed by atoms with van der Waals surface area (Å²) in [6, 6.07) is 17.9. The Kier molecular flexibility index (Phi) is 6.63. The molecule has 174 valence electrons. The molecule has 0 aliphatic carbocycles. The quantitative estimate of drug-likeness (QED) is 0.626. The summed E-state index contributed by atoms with van der Waals surface area (Å²) in [6.45, 7) is 9.37. The smallest absolute Gasteiger partial charge is 0.0972 e. The van der Waals surface area contributed by atoms with E-state index in [2.05, 4.69) is 78.4 Å². The molecule has 1 aromatic heterocycles. The summed E-state index contributed by atoms with van der Waals surface area (Å²) in [6.07, 6.45) is 6.52. The third kappa shape index (κ3) is 5.21. The van der Waals surface area contributed by atoms with Gasteiger partial charge in [0.05, 0.1) is 17.5 Å². The van der Waals surface area contributed by atoms with Gasteiger partial charge in [0.25, 0.3) is 0 Å². The monoisotopic (exact) mass is 444 g/mol. The van der Waals surface area contributed by atoms with Crippen LogP contribution in [-0.4, -0.2) is 63.0 Å². The fraction of sp³-hybridized carbons (Fsp3) is 0.464. The van der Waals surface area contributed by atoms with E-state index in [0.29, 0.717) is 6.04 Å². The first kappa shape index (κ1) is 22.3. The number of benzene rings is 2. The van der Waals surface area contributed by atoms with E-state index in [1.54, 1.807) is 0 Å². The first-order chi connectivity index (χ1) is 16.0. The van der Waals surface area contributed by atoms with E-state index in [1.807, 2.05) is 4.68 Å². The molecule has 5 rings (SSSR count). The van der Waals surface area contributed by atoms with Crippen LogP contribution in [-0.2, 0) is 6.54 Å². The number of aliphatic hydroxyl groups excluding tert-OH is 1. The summed E-state index contributed by atoms with van der Waals surface area (Å²) in [5, 5.41) is 15.1. The summed E-state index contributed by atoms with van der Waals surface area (Å²) in [4.78, 5) is 5.10. The number of β-amino-alcohol motifs (C(OH)–C–C–N with tert-alkyl or cyclic N) is 1. The Bertz CT molecular complexity index is 1070. The molecule has 2 aliphatic rings. The lowest BCUT2D eigenvalue weighted by atomic mass is 9.98. The highest BCUT2D eigenvalue weighted by atomic mass is 16.3. The van der Waals surface area contributed by atoms with Gasteiger partial charge in [-0.15, -0.1) is 0 Å². The number of aryl methyl sites for hydroxylation is 2. The van der Waals surface area contributed by atoms with Gasteiger partial charge >= 0.3 is 0 Å². The summed E-state index contributed by atoms with van der Waals surface area (Å²) in [5.74, 6) is 0. The lowest BCUT2D eigenvalue weighted by Gasteiger charge is -2.41. The molecule has 1 atom stereocenters. The standard InChI is InChI=1S/C28H36N4O/c1-21-8-10-26(11-9-21)32-19-24(28(29-32)23-6-3-5-22(2)17-23)18-30-15-12-25(13-16-30)31-14-4-7-27(33)20-31/h3,5-6,8-11,17,19,25,27,33H,4,7,12-16,18,20H2,1-2H3/t27-/m0/s1. The Morgan fingerprint density at radius 1 is 0.939 bits per heavy atom. The summed E-state index contributed by atoms with van der Waals surface area (Å²) in [7, 11) is 0. The van der Waals surface area contributed by atoms with Gasteiger partial charge in [0.2, 0.25) is 0 Å². The average Bonchev–Trinajstić information content (AvgIpc) is 3.24. The van der Waals surface area contributed by atoms with Crippen LogP contribution >= 0.6 is 0 Å². The van der Waals surface area contributed by atoms with Gasteiger partial charge in [0, 0.05) is 36.5 Å². The van der Waals surface area contributed by atoms with Crippen LogP contribution in [0.3, 0.4) is 0 Å². The van der Waals surface area contributed by atoms with Crippen molar-refractivity contribution >= 4 is 0 Å². The molecule has 5 heteroatoms. The van der Waals surface area contributed by atoms with E-state index in [1.165, 1.54) is 35.1 Å². The third-order valence-corrected chi connectivity index (χ3v) is 7.28. The highest BCUT2D eigenvalue weighted by Crippen LogP contribution is 2.28. The van der Waals surface area contributed by atoms with Crippen LogP contribution < -0.4 is 0 Å². The zero-order chi connectivity index (χ0) is 22.8. The van der Waals surface area contributed by atoms with Crippen LogP contribution in [0, 0.1) is 13.8 Å². The maximum absolute atomic E-state index is 10.1. The summed E-state index contributed by atoms with van der Waals surface area (Å²) < 4.78 is 2.04. The number of aromatic nitrogens is 2. The van der Waals surface area contributed by atoms with Crippen molar-refractivity contribution in [2.24, 2.45) is 0 Å². The number of aliphatic hydroxyl groups is 1. The van der Waals surface area contributed by atoms with Crippen molar-refractivity contribution in [2.75, 3.05) is 26.2 Å². The topological polar surface area (TPSA) is 44.5 Å². The van der Waals surface area contributed by atoms with Gasteiger partial charge < -0.3 is 5.11 Å². The van der Waals surface area contributed by atoms with Gasteiger partial charge in [-0.3, -0.25) is 9.80 Å². The van der Waals surface area contributed by atoms with Crippen molar-refractivity contribution in [1.29, 1.82) is 0 Å². The van der Waals surface area contributed by atoms with Gasteiger partial charge in [-0.25, -0.2) is 4.68 Å². The molecule has 0 amide bonds. The van der Waals surface area contributed by atoms with Crippen LogP contribution in [0.25, 0.3) is 16.9 Å². The number of rotatable bonds is 5. The van der Waals surface area contributed by atoms with E-state index in [-0.39, 0.29) is 6.10 Å². The molecule has 2 aromatic carbocycles. The first-order valence-corrected chi connectivity index (χ1v) is 12.4. The molecule has 2 fully saturated rings. The van der Waals surface area contributed by atoms with Gasteiger partial charge in [0.1, 0.15) is 0 Å². The second kappa shape index (κ2) is 9.80. The molecule has 0 bridgehead atoms. The van der Waals surface area contributed by atoms with Crippen LogP contribution in [0.1, 0.15) is 42.4 Å². The fourth-order valence-electron chi connectivity index (χ4n) is 5.39. The van der Waals surface area contributed by atoms with E-state index in [9.17, 15) is 5.11 Å². The van der Waals surface area contributed by atoms with E-state index in [0.717, 1.165) is 56.9 Å². The Morgan fingerprint density at radius 2 is 1.73 bits per heavy atom. The van der Waals surface area contributed by atoms with Gasteiger partial charge in [0.15, 0.2) is 0 Å². The first-order valence-electron chi connectivity index (χ1n) is 12.4. The molecule has 0 saturated carbocycles. The number of nitrogens with zero attached hydrogens (tertiary/aromatic N) is 4. The minimum Gasteiger partial charge on any atom is -0.392 e. The normalized spacial score (nSPS) is 20.9. The molecule has 0 spiro atoms. The van der Waals surface area contributed by atoms with Gasteiger partial charge in [-0.1, -0.05) is 41.5 Å². The molecule has 33 heavy (non-hydrogen) atoms. The highest BCUT2D eigenvalue weighted by molar-refractivity contribution is 5.64. The Morgan fingerprint density at radius 3 is 2.45 bits per heavy atom. The molecule has 5 nitrogen and oxygen atoms in total. The molecule has 1 N–H and O–H groups in total. The van der Waals surface area contributed by atoms with Gasteiger partial charge in [-0.2, -0.15) is 5.10 Å². The van der Waals surface area contributed by atoms with Crippen molar-refractivity contribution in [1.82, 2.24) is 19.6 Å².